The summed E-state index contributed by atoms with van der Waals surface area (Å²) in [6.45, 7) is 4.31. The van der Waals surface area contributed by atoms with Crippen molar-refractivity contribution in [2.24, 2.45) is 0 Å². The van der Waals surface area contributed by atoms with E-state index >= 15 is 0 Å². The molecule has 0 bridgehead atoms. The Morgan fingerprint density at radius 3 is 2.73 bits per heavy atom. The van der Waals surface area contributed by atoms with Crippen LogP contribution in [0.1, 0.15) is 40.7 Å². The van der Waals surface area contributed by atoms with E-state index in [2.05, 4.69) is 17.0 Å². The number of aryl methyl sites for hydroxylation is 2. The van der Waals surface area contributed by atoms with Crippen LogP contribution in [0.3, 0.4) is 0 Å². The molecule has 3 aromatic rings. The van der Waals surface area contributed by atoms with Crippen molar-refractivity contribution < 1.29 is 18.6 Å². The van der Waals surface area contributed by atoms with Crippen LogP contribution in [0.5, 0.6) is 17.2 Å². The number of benzene rings is 2. The van der Waals surface area contributed by atoms with Crippen LogP contribution in [-0.2, 0) is 25.9 Å². The van der Waals surface area contributed by atoms with Crippen LogP contribution in [0.15, 0.2) is 33.5 Å². The van der Waals surface area contributed by atoms with Gasteiger partial charge in [-0.2, -0.15) is 0 Å². The molecule has 3 heterocycles. The van der Waals surface area contributed by atoms with E-state index in [9.17, 15) is 4.79 Å². The number of hydrogen-bond acceptors (Lipinski definition) is 6. The van der Waals surface area contributed by atoms with Gasteiger partial charge < -0.3 is 18.6 Å². The molecule has 0 saturated heterocycles. The zero-order valence-electron chi connectivity index (χ0n) is 17.0. The monoisotopic (exact) mass is 405 g/mol. The summed E-state index contributed by atoms with van der Waals surface area (Å²) in [5.74, 6) is 2.45. The lowest BCUT2D eigenvalue weighted by atomic mass is 9.89. The standard InChI is InChI=1S/C24H23NO5/c1-14-22-16(9-19-17-4-2-3-5-18(17)24(26)30-23(14)19)11-25(12-27-22)10-15-6-7-20-21(8-15)29-13-28-20/h6-9H,2-5,10-13H2,1H3. The fourth-order valence-corrected chi connectivity index (χ4v) is 4.95. The lowest BCUT2D eigenvalue weighted by molar-refractivity contribution is 0.0880. The predicted molar refractivity (Wildman–Crippen MR) is 111 cm³/mol. The van der Waals surface area contributed by atoms with Crippen molar-refractivity contribution in [2.75, 3.05) is 13.5 Å². The average molecular weight is 405 g/mol. The van der Waals surface area contributed by atoms with E-state index in [0.29, 0.717) is 12.3 Å². The predicted octanol–water partition coefficient (Wildman–Crippen LogP) is 4.06. The Morgan fingerprint density at radius 2 is 1.83 bits per heavy atom. The highest BCUT2D eigenvalue weighted by Gasteiger charge is 2.26. The van der Waals surface area contributed by atoms with E-state index in [0.717, 1.165) is 83.7 Å². The number of hydrogen-bond donors (Lipinski definition) is 0. The Labute approximate surface area is 174 Å². The van der Waals surface area contributed by atoms with E-state index in [1.165, 1.54) is 5.56 Å². The van der Waals surface area contributed by atoms with Crippen molar-refractivity contribution in [1.29, 1.82) is 0 Å². The van der Waals surface area contributed by atoms with Crippen molar-refractivity contribution in [3.8, 4) is 17.2 Å². The summed E-state index contributed by atoms with van der Waals surface area (Å²) in [5, 5.41) is 1.08. The summed E-state index contributed by atoms with van der Waals surface area (Å²) in [6.07, 6.45) is 3.93. The third kappa shape index (κ3) is 2.78. The molecule has 0 amide bonds. The lowest BCUT2D eigenvalue weighted by Crippen LogP contribution is -2.32. The van der Waals surface area contributed by atoms with Gasteiger partial charge in [0.15, 0.2) is 11.5 Å². The molecule has 0 N–H and O–H groups in total. The third-order valence-electron chi connectivity index (χ3n) is 6.40. The SMILES string of the molecule is Cc1c2c(cc3c4c(c(=O)oc13)CCCC4)CN(Cc1ccc3c(c1)OCO3)CO2. The zero-order valence-corrected chi connectivity index (χ0v) is 17.0. The molecule has 0 atom stereocenters. The molecule has 3 aliphatic rings. The van der Waals surface area contributed by atoms with Gasteiger partial charge >= 0.3 is 5.63 Å². The smallest absolute Gasteiger partial charge is 0.339 e. The van der Waals surface area contributed by atoms with Crippen LogP contribution in [0.25, 0.3) is 11.0 Å². The van der Waals surface area contributed by atoms with Crippen molar-refractivity contribution in [3.63, 3.8) is 0 Å². The van der Waals surface area contributed by atoms with Gasteiger partial charge in [0.1, 0.15) is 18.1 Å². The molecule has 6 heteroatoms. The fourth-order valence-electron chi connectivity index (χ4n) is 4.95. The molecule has 1 aliphatic carbocycles. The molecule has 2 aromatic carbocycles. The molecule has 2 aliphatic heterocycles. The van der Waals surface area contributed by atoms with Gasteiger partial charge in [-0.05, 0) is 61.9 Å². The van der Waals surface area contributed by atoms with Gasteiger partial charge in [-0.1, -0.05) is 6.07 Å². The molecular weight excluding hydrogens is 382 g/mol. The first kappa shape index (κ1) is 17.8. The topological polar surface area (TPSA) is 61.1 Å². The van der Waals surface area contributed by atoms with Crippen molar-refractivity contribution >= 4 is 11.0 Å². The van der Waals surface area contributed by atoms with Gasteiger partial charge in [0, 0.05) is 35.2 Å². The first-order valence-corrected chi connectivity index (χ1v) is 10.5. The first-order chi connectivity index (χ1) is 14.7. The quantitative estimate of drug-likeness (QED) is 0.599. The van der Waals surface area contributed by atoms with Crippen LogP contribution in [0.2, 0.25) is 0 Å². The van der Waals surface area contributed by atoms with Gasteiger partial charge in [0.2, 0.25) is 6.79 Å². The van der Waals surface area contributed by atoms with E-state index < -0.39 is 0 Å². The van der Waals surface area contributed by atoms with Crippen LogP contribution in [0, 0.1) is 6.92 Å². The molecule has 0 saturated carbocycles. The molecule has 6 nitrogen and oxygen atoms in total. The minimum absolute atomic E-state index is 0.180. The molecule has 6 rings (SSSR count). The maximum atomic E-state index is 12.5. The van der Waals surface area contributed by atoms with E-state index in [-0.39, 0.29) is 12.4 Å². The van der Waals surface area contributed by atoms with E-state index in [1.807, 2.05) is 19.1 Å². The minimum atomic E-state index is -0.180. The number of rotatable bonds is 2. The van der Waals surface area contributed by atoms with Gasteiger partial charge in [-0.25, -0.2) is 4.79 Å². The second kappa shape index (κ2) is 6.77. The van der Waals surface area contributed by atoms with Gasteiger partial charge in [-0.15, -0.1) is 0 Å². The Bertz CT molecular complexity index is 1230. The summed E-state index contributed by atoms with van der Waals surface area (Å²) >= 11 is 0. The highest BCUT2D eigenvalue weighted by Crippen LogP contribution is 2.38. The van der Waals surface area contributed by atoms with Crippen molar-refractivity contribution in [1.82, 2.24) is 4.90 Å². The maximum Gasteiger partial charge on any atom is 0.339 e. The Balaban J connectivity index is 1.36. The second-order valence-electron chi connectivity index (χ2n) is 8.37. The Hall–Kier alpha value is -2.99. The van der Waals surface area contributed by atoms with Crippen LogP contribution < -0.4 is 19.8 Å². The summed E-state index contributed by atoms with van der Waals surface area (Å²) in [6, 6.07) is 8.24. The van der Waals surface area contributed by atoms with Gasteiger partial charge in [0.05, 0.1) is 0 Å². The third-order valence-corrected chi connectivity index (χ3v) is 6.40. The largest absolute Gasteiger partial charge is 0.477 e. The van der Waals surface area contributed by atoms with Gasteiger partial charge in [-0.3, -0.25) is 4.90 Å². The maximum absolute atomic E-state index is 12.5. The molecule has 154 valence electrons. The lowest BCUT2D eigenvalue weighted by Gasteiger charge is -2.30. The summed E-state index contributed by atoms with van der Waals surface area (Å²) < 4.78 is 22.8. The number of ether oxygens (including phenoxy) is 3. The number of fused-ring (bicyclic) bond motifs is 5. The molecule has 0 fully saturated rings. The zero-order chi connectivity index (χ0) is 20.2. The Kier molecular flexibility index (Phi) is 4.03. The second-order valence-corrected chi connectivity index (χ2v) is 8.37. The summed E-state index contributed by atoms with van der Waals surface area (Å²) in [7, 11) is 0. The molecule has 0 radical (unpaired) electrons. The van der Waals surface area contributed by atoms with Crippen molar-refractivity contribution in [2.45, 2.75) is 45.7 Å². The molecular formula is C24H23NO5. The molecule has 0 spiro atoms. The average Bonchev–Trinajstić information content (AvgIpc) is 3.23. The van der Waals surface area contributed by atoms with Crippen LogP contribution >= 0.6 is 0 Å². The fraction of sp³-hybridized carbons (Fsp3) is 0.375. The molecule has 0 unspecified atom stereocenters. The van der Waals surface area contributed by atoms with E-state index in [4.69, 9.17) is 18.6 Å². The Morgan fingerprint density at radius 1 is 1.00 bits per heavy atom. The summed E-state index contributed by atoms with van der Waals surface area (Å²) in [5.41, 5.74) is 5.77. The van der Waals surface area contributed by atoms with Crippen LogP contribution in [-0.4, -0.2) is 18.4 Å². The molecule has 1 aromatic heterocycles. The van der Waals surface area contributed by atoms with E-state index in [1.54, 1.807) is 0 Å². The number of nitrogens with zero attached hydrogens (tertiary/aromatic N) is 1. The normalized spacial score (nSPS) is 17.5. The first-order valence-electron chi connectivity index (χ1n) is 10.5. The summed E-state index contributed by atoms with van der Waals surface area (Å²) in [4.78, 5) is 14.8. The van der Waals surface area contributed by atoms with Gasteiger partial charge in [0.25, 0.3) is 0 Å². The highest BCUT2D eigenvalue weighted by atomic mass is 16.7. The highest BCUT2D eigenvalue weighted by molar-refractivity contribution is 5.87. The minimum Gasteiger partial charge on any atom is -0.477 e. The molecule has 30 heavy (non-hydrogen) atoms. The van der Waals surface area contributed by atoms with Crippen molar-refractivity contribution in [3.05, 3.63) is 62.5 Å². The van der Waals surface area contributed by atoms with Crippen LogP contribution in [0.4, 0.5) is 0 Å².